The summed E-state index contributed by atoms with van der Waals surface area (Å²) in [5, 5.41) is 8.62. The minimum absolute atomic E-state index is 0.00129. The summed E-state index contributed by atoms with van der Waals surface area (Å²) in [6.07, 6.45) is 2.70. The van der Waals surface area contributed by atoms with Gasteiger partial charge in [0.2, 0.25) is 0 Å². The van der Waals surface area contributed by atoms with Gasteiger partial charge in [-0.2, -0.15) is 5.10 Å². The predicted molar refractivity (Wildman–Crippen MR) is 74.5 cm³/mol. The fourth-order valence-corrected chi connectivity index (χ4v) is 2.56. The number of halogens is 1. The molecule has 2 aromatic rings. The minimum Gasteiger partial charge on any atom is -0.349 e. The van der Waals surface area contributed by atoms with Gasteiger partial charge in [-0.15, -0.1) is 0 Å². The molecule has 6 heteroatoms. The van der Waals surface area contributed by atoms with Crippen LogP contribution in [0.4, 0.5) is 4.39 Å². The van der Waals surface area contributed by atoms with Gasteiger partial charge in [-0.3, -0.25) is 9.59 Å². The molecule has 2 N–H and O–H groups in total. The van der Waals surface area contributed by atoms with E-state index in [0.717, 1.165) is 0 Å². The number of carbonyl (C=O) groups excluding carboxylic acids is 1. The van der Waals surface area contributed by atoms with Crippen LogP contribution in [-0.2, 0) is 0 Å². The number of benzene rings is 1. The molecule has 1 saturated carbocycles. The van der Waals surface area contributed by atoms with Gasteiger partial charge in [-0.25, -0.2) is 9.49 Å². The van der Waals surface area contributed by atoms with Crippen molar-refractivity contribution in [3.8, 4) is 0 Å². The van der Waals surface area contributed by atoms with Gasteiger partial charge in [0.15, 0.2) is 0 Å². The maximum absolute atomic E-state index is 13.6. The normalized spacial score (nSPS) is 20.6. The van der Waals surface area contributed by atoms with Gasteiger partial charge in [0.25, 0.3) is 11.5 Å². The smallest absolute Gasteiger partial charge is 0.264 e. The summed E-state index contributed by atoms with van der Waals surface area (Å²) in [6, 6.07) is 7.90. The summed E-state index contributed by atoms with van der Waals surface area (Å²) in [6.45, 7) is 0. The van der Waals surface area contributed by atoms with Crippen molar-refractivity contribution in [2.45, 2.75) is 24.8 Å². The molecule has 1 aromatic heterocycles. The average molecular weight is 287 g/mol. The third-order valence-electron chi connectivity index (χ3n) is 3.75. The lowest BCUT2D eigenvalue weighted by molar-refractivity contribution is 0.0907. The molecule has 5 nitrogen and oxygen atoms in total. The molecule has 0 radical (unpaired) electrons. The van der Waals surface area contributed by atoms with E-state index in [4.69, 9.17) is 0 Å². The van der Waals surface area contributed by atoms with Gasteiger partial charge in [0, 0.05) is 12.1 Å². The van der Waals surface area contributed by atoms with Crippen molar-refractivity contribution in [3.05, 3.63) is 63.8 Å². The summed E-state index contributed by atoms with van der Waals surface area (Å²) in [5.74, 6) is -0.398. The fourth-order valence-electron chi connectivity index (χ4n) is 2.56. The first-order chi connectivity index (χ1) is 10.1. The quantitative estimate of drug-likeness (QED) is 0.900. The van der Waals surface area contributed by atoms with Gasteiger partial charge >= 0.3 is 0 Å². The molecule has 0 atom stereocenters. The first kappa shape index (κ1) is 13.5. The van der Waals surface area contributed by atoms with Crippen molar-refractivity contribution in [3.63, 3.8) is 0 Å². The van der Waals surface area contributed by atoms with Gasteiger partial charge < -0.3 is 5.32 Å². The number of H-pyrrole nitrogens is 1. The minimum atomic E-state index is -0.416. The molecule has 1 heterocycles. The highest BCUT2D eigenvalue weighted by molar-refractivity contribution is 5.94. The Morgan fingerprint density at radius 2 is 2.10 bits per heavy atom. The molecule has 1 aromatic carbocycles. The Morgan fingerprint density at radius 1 is 1.33 bits per heavy atom. The van der Waals surface area contributed by atoms with Crippen LogP contribution in [0.15, 0.2) is 41.3 Å². The third-order valence-corrected chi connectivity index (χ3v) is 3.75. The SMILES string of the molecule is O=C(NC1CC(c2ccccc2F)C1)c1cn[nH]c(=O)c1. The van der Waals surface area contributed by atoms with Crippen molar-refractivity contribution in [1.29, 1.82) is 0 Å². The number of hydrogen-bond acceptors (Lipinski definition) is 3. The number of nitrogens with zero attached hydrogens (tertiary/aromatic N) is 1. The van der Waals surface area contributed by atoms with E-state index in [2.05, 4.69) is 15.5 Å². The molecule has 3 rings (SSSR count). The molecule has 0 saturated heterocycles. The molecule has 0 aliphatic heterocycles. The second-order valence-corrected chi connectivity index (χ2v) is 5.19. The molecule has 1 aliphatic carbocycles. The van der Waals surface area contributed by atoms with E-state index in [1.807, 2.05) is 6.07 Å². The van der Waals surface area contributed by atoms with Gasteiger partial charge in [-0.1, -0.05) is 18.2 Å². The van der Waals surface area contributed by atoms with Crippen LogP contribution in [-0.4, -0.2) is 22.1 Å². The van der Waals surface area contributed by atoms with Crippen LogP contribution in [0.3, 0.4) is 0 Å². The fraction of sp³-hybridized carbons (Fsp3) is 0.267. The maximum atomic E-state index is 13.6. The van der Waals surface area contributed by atoms with Crippen LogP contribution < -0.4 is 10.9 Å². The molecular formula is C15H14FN3O2. The molecule has 1 amide bonds. The predicted octanol–water partition coefficient (Wildman–Crippen LogP) is 1.58. The highest BCUT2D eigenvalue weighted by atomic mass is 19.1. The lowest BCUT2D eigenvalue weighted by Gasteiger charge is -2.36. The molecule has 0 unspecified atom stereocenters. The standard InChI is InChI=1S/C15H14FN3O2/c16-13-4-2-1-3-12(13)9-5-11(6-9)18-15(21)10-7-14(20)19-17-8-10/h1-4,7-9,11H,5-6H2,(H,18,21)(H,19,20). The zero-order valence-electron chi connectivity index (χ0n) is 11.2. The third kappa shape index (κ3) is 2.84. The van der Waals surface area contributed by atoms with Gasteiger partial charge in [0.05, 0.1) is 11.8 Å². The van der Waals surface area contributed by atoms with Crippen molar-refractivity contribution in [1.82, 2.24) is 15.5 Å². The van der Waals surface area contributed by atoms with Crippen molar-refractivity contribution in [2.24, 2.45) is 0 Å². The van der Waals surface area contributed by atoms with E-state index in [9.17, 15) is 14.0 Å². The molecule has 21 heavy (non-hydrogen) atoms. The lowest BCUT2D eigenvalue weighted by Crippen LogP contribution is -2.43. The molecule has 108 valence electrons. The van der Waals surface area contributed by atoms with Crippen LogP contribution in [0.1, 0.15) is 34.7 Å². The average Bonchev–Trinajstić information content (AvgIpc) is 2.43. The highest BCUT2D eigenvalue weighted by Gasteiger charge is 2.33. The first-order valence-corrected chi connectivity index (χ1v) is 6.73. The van der Waals surface area contributed by atoms with Crippen LogP contribution >= 0.6 is 0 Å². The Labute approximate surface area is 120 Å². The monoisotopic (exact) mass is 287 g/mol. The Balaban J connectivity index is 1.59. The molecule has 1 fully saturated rings. The number of aromatic nitrogens is 2. The highest BCUT2D eigenvalue weighted by Crippen LogP contribution is 2.37. The van der Waals surface area contributed by atoms with E-state index < -0.39 is 5.56 Å². The number of aromatic amines is 1. The summed E-state index contributed by atoms with van der Waals surface area (Å²) < 4.78 is 13.6. The lowest BCUT2D eigenvalue weighted by atomic mass is 9.75. The molecule has 0 spiro atoms. The van der Waals surface area contributed by atoms with Crippen LogP contribution in [0.5, 0.6) is 0 Å². The summed E-state index contributed by atoms with van der Waals surface area (Å²) >= 11 is 0. The van der Waals surface area contributed by atoms with Crippen LogP contribution in [0.2, 0.25) is 0 Å². The summed E-state index contributed by atoms with van der Waals surface area (Å²) in [7, 11) is 0. The zero-order chi connectivity index (χ0) is 14.8. The zero-order valence-corrected chi connectivity index (χ0v) is 11.2. The summed E-state index contributed by atoms with van der Waals surface area (Å²) in [4.78, 5) is 23.0. The van der Waals surface area contributed by atoms with Gasteiger partial charge in [0.1, 0.15) is 5.82 Å². The Bertz CT molecular complexity index is 723. The van der Waals surface area contributed by atoms with Crippen LogP contribution in [0, 0.1) is 5.82 Å². The number of nitrogens with one attached hydrogen (secondary N) is 2. The number of carbonyl (C=O) groups is 1. The Hall–Kier alpha value is -2.50. The van der Waals surface area contributed by atoms with Crippen LogP contribution in [0.25, 0.3) is 0 Å². The largest absolute Gasteiger partial charge is 0.349 e. The number of rotatable bonds is 3. The molecule has 0 bridgehead atoms. The van der Waals surface area contributed by atoms with E-state index in [1.54, 1.807) is 12.1 Å². The van der Waals surface area contributed by atoms with Crippen molar-refractivity contribution >= 4 is 5.91 Å². The van der Waals surface area contributed by atoms with Crippen molar-refractivity contribution in [2.75, 3.05) is 0 Å². The molecular weight excluding hydrogens is 273 g/mol. The Kier molecular flexibility index (Phi) is 3.51. The van der Waals surface area contributed by atoms with Crippen molar-refractivity contribution < 1.29 is 9.18 Å². The number of amides is 1. The molecule has 1 aliphatic rings. The second-order valence-electron chi connectivity index (χ2n) is 5.19. The van der Waals surface area contributed by atoms with E-state index >= 15 is 0 Å². The van der Waals surface area contributed by atoms with E-state index in [-0.39, 0.29) is 29.2 Å². The van der Waals surface area contributed by atoms with Gasteiger partial charge in [-0.05, 0) is 30.4 Å². The number of hydrogen-bond donors (Lipinski definition) is 2. The Morgan fingerprint density at radius 3 is 2.81 bits per heavy atom. The summed E-state index contributed by atoms with van der Waals surface area (Å²) in [5.41, 5.74) is 0.509. The topological polar surface area (TPSA) is 74.8 Å². The second kappa shape index (κ2) is 5.47. The maximum Gasteiger partial charge on any atom is 0.264 e. The first-order valence-electron chi connectivity index (χ1n) is 6.73. The van der Waals surface area contributed by atoms with E-state index in [0.29, 0.717) is 18.4 Å². The van der Waals surface area contributed by atoms with E-state index in [1.165, 1.54) is 18.3 Å².